The third kappa shape index (κ3) is 3.69. The summed E-state index contributed by atoms with van der Waals surface area (Å²) >= 11 is 2.24. The minimum absolute atomic E-state index is 0.0869. The Kier molecular flexibility index (Phi) is 4.58. The lowest BCUT2D eigenvalue weighted by Gasteiger charge is -2.35. The summed E-state index contributed by atoms with van der Waals surface area (Å²) in [5.74, 6) is 0.0869. The summed E-state index contributed by atoms with van der Waals surface area (Å²) in [6, 6.07) is 7.90. The summed E-state index contributed by atoms with van der Waals surface area (Å²) in [5.41, 5.74) is 0.845. The monoisotopic (exact) mass is 345 g/mol. The number of nitrogens with zero attached hydrogens (tertiary/aromatic N) is 1. The second-order valence-corrected chi connectivity index (χ2v) is 6.71. The largest absolute Gasteiger partial charge is 0.338 e. The van der Waals surface area contributed by atoms with Gasteiger partial charge in [-0.05, 0) is 59.2 Å². The van der Waals surface area contributed by atoms with Gasteiger partial charge >= 0.3 is 0 Å². The fraction of sp³-hybridized carbons (Fsp3) is 0.500. The number of hydrogen-bond donors (Lipinski definition) is 0. The molecule has 3 heteroatoms. The average molecular weight is 345 g/mol. The van der Waals surface area contributed by atoms with E-state index in [9.17, 15) is 4.79 Å². The first-order valence-corrected chi connectivity index (χ1v) is 6.84. The van der Waals surface area contributed by atoms with E-state index in [-0.39, 0.29) is 17.4 Å². The first-order valence-electron chi connectivity index (χ1n) is 5.76. The van der Waals surface area contributed by atoms with Gasteiger partial charge in [0.1, 0.15) is 0 Å². The maximum atomic E-state index is 12.3. The van der Waals surface area contributed by atoms with E-state index in [2.05, 4.69) is 50.3 Å². The van der Waals surface area contributed by atoms with E-state index >= 15 is 0 Å². The van der Waals surface area contributed by atoms with Gasteiger partial charge in [-0.1, -0.05) is 20.8 Å². The van der Waals surface area contributed by atoms with Crippen LogP contribution in [0.3, 0.4) is 0 Å². The first kappa shape index (κ1) is 14.5. The third-order valence-electron chi connectivity index (χ3n) is 3.25. The molecule has 0 aliphatic carbocycles. The van der Waals surface area contributed by atoms with Crippen molar-refractivity contribution in [3.8, 4) is 0 Å². The highest BCUT2D eigenvalue weighted by molar-refractivity contribution is 14.1. The van der Waals surface area contributed by atoms with E-state index in [1.807, 2.05) is 36.2 Å². The van der Waals surface area contributed by atoms with Gasteiger partial charge in [0, 0.05) is 22.2 Å². The molecule has 1 unspecified atom stereocenters. The molecule has 2 nitrogen and oxygen atoms in total. The highest BCUT2D eigenvalue weighted by atomic mass is 127. The minimum atomic E-state index is 0.0869. The van der Waals surface area contributed by atoms with E-state index in [4.69, 9.17) is 0 Å². The van der Waals surface area contributed by atoms with Crippen LogP contribution in [-0.4, -0.2) is 23.9 Å². The Labute approximate surface area is 118 Å². The molecule has 1 aromatic carbocycles. The van der Waals surface area contributed by atoms with E-state index in [1.165, 1.54) is 0 Å². The van der Waals surface area contributed by atoms with Gasteiger partial charge in [0.05, 0.1) is 0 Å². The molecule has 17 heavy (non-hydrogen) atoms. The maximum absolute atomic E-state index is 12.3. The molecular weight excluding hydrogens is 325 g/mol. The molecule has 0 N–H and O–H groups in total. The second kappa shape index (κ2) is 5.38. The molecule has 0 spiro atoms. The number of halogens is 1. The molecule has 0 aliphatic heterocycles. The Bertz CT molecular complexity index is 392. The molecule has 0 saturated carbocycles. The van der Waals surface area contributed by atoms with Gasteiger partial charge in [-0.3, -0.25) is 4.79 Å². The van der Waals surface area contributed by atoms with Crippen LogP contribution < -0.4 is 0 Å². The van der Waals surface area contributed by atoms with Crippen molar-refractivity contribution in [2.24, 2.45) is 5.41 Å². The van der Waals surface area contributed by atoms with Gasteiger partial charge < -0.3 is 4.90 Å². The molecule has 1 atom stereocenters. The van der Waals surface area contributed by atoms with Crippen LogP contribution in [0.25, 0.3) is 0 Å². The van der Waals surface area contributed by atoms with Gasteiger partial charge in [-0.2, -0.15) is 0 Å². The molecule has 1 rings (SSSR count). The van der Waals surface area contributed by atoms with Crippen molar-refractivity contribution in [3.63, 3.8) is 0 Å². The van der Waals surface area contributed by atoms with Crippen LogP contribution in [0.5, 0.6) is 0 Å². The summed E-state index contributed by atoms with van der Waals surface area (Å²) in [6.45, 7) is 8.53. The zero-order chi connectivity index (χ0) is 13.2. The minimum Gasteiger partial charge on any atom is -0.338 e. The normalized spacial score (nSPS) is 13.3. The molecule has 0 radical (unpaired) electrons. The van der Waals surface area contributed by atoms with Crippen molar-refractivity contribution < 1.29 is 4.79 Å². The standard InChI is InChI=1S/C14H20INO/c1-10(14(2,3)4)16(5)13(17)11-6-8-12(15)9-7-11/h6-10H,1-5H3. The van der Waals surface area contributed by atoms with Gasteiger partial charge in [0.2, 0.25) is 0 Å². The molecule has 0 aromatic heterocycles. The van der Waals surface area contributed by atoms with Crippen LogP contribution in [0.4, 0.5) is 0 Å². The maximum Gasteiger partial charge on any atom is 0.253 e. The summed E-state index contributed by atoms with van der Waals surface area (Å²) in [7, 11) is 1.87. The zero-order valence-electron chi connectivity index (χ0n) is 11.1. The summed E-state index contributed by atoms with van der Waals surface area (Å²) in [4.78, 5) is 14.1. The van der Waals surface area contributed by atoms with Crippen molar-refractivity contribution in [1.29, 1.82) is 0 Å². The van der Waals surface area contributed by atoms with Crippen molar-refractivity contribution in [2.45, 2.75) is 33.7 Å². The van der Waals surface area contributed by atoms with Gasteiger partial charge in [-0.25, -0.2) is 0 Å². The molecule has 0 aliphatic rings. The number of hydrogen-bond acceptors (Lipinski definition) is 1. The highest BCUT2D eigenvalue weighted by Gasteiger charge is 2.27. The second-order valence-electron chi connectivity index (χ2n) is 5.46. The highest BCUT2D eigenvalue weighted by Crippen LogP contribution is 2.24. The fourth-order valence-electron chi connectivity index (χ4n) is 1.55. The smallest absolute Gasteiger partial charge is 0.253 e. The lowest BCUT2D eigenvalue weighted by Crippen LogP contribution is -2.42. The Hall–Kier alpha value is -0.580. The Balaban J connectivity index is 2.87. The van der Waals surface area contributed by atoms with Crippen LogP contribution in [0, 0.1) is 8.99 Å². The Morgan fingerprint density at radius 3 is 2.12 bits per heavy atom. The molecule has 1 aromatic rings. The molecule has 0 fully saturated rings. The van der Waals surface area contributed by atoms with Crippen molar-refractivity contribution in [3.05, 3.63) is 33.4 Å². The first-order chi connectivity index (χ1) is 7.73. The van der Waals surface area contributed by atoms with E-state index in [0.717, 1.165) is 9.13 Å². The SMILES string of the molecule is CC(N(C)C(=O)c1ccc(I)cc1)C(C)(C)C. The summed E-state index contributed by atoms with van der Waals surface area (Å²) < 4.78 is 1.14. The van der Waals surface area contributed by atoms with E-state index in [1.54, 1.807) is 0 Å². The third-order valence-corrected chi connectivity index (χ3v) is 3.96. The predicted octanol–water partition coefficient (Wildman–Crippen LogP) is 3.80. The predicted molar refractivity (Wildman–Crippen MR) is 80.2 cm³/mol. The molecule has 94 valence electrons. The number of amides is 1. The summed E-state index contributed by atoms with van der Waals surface area (Å²) in [5, 5.41) is 0. The number of carbonyl (C=O) groups is 1. The van der Waals surface area contributed by atoms with Crippen molar-refractivity contribution in [1.82, 2.24) is 4.90 Å². The number of benzene rings is 1. The van der Waals surface area contributed by atoms with E-state index < -0.39 is 0 Å². The van der Waals surface area contributed by atoms with Gasteiger partial charge in [-0.15, -0.1) is 0 Å². The van der Waals surface area contributed by atoms with Crippen molar-refractivity contribution in [2.75, 3.05) is 7.05 Å². The Morgan fingerprint density at radius 1 is 1.24 bits per heavy atom. The van der Waals surface area contributed by atoms with Crippen LogP contribution in [0.1, 0.15) is 38.1 Å². The van der Waals surface area contributed by atoms with Crippen molar-refractivity contribution >= 4 is 28.5 Å². The summed E-state index contributed by atoms with van der Waals surface area (Å²) in [6.07, 6.45) is 0. The van der Waals surface area contributed by atoms with Gasteiger partial charge in [0.25, 0.3) is 5.91 Å². The molecule has 1 amide bonds. The van der Waals surface area contributed by atoms with Crippen LogP contribution in [0.15, 0.2) is 24.3 Å². The lowest BCUT2D eigenvalue weighted by molar-refractivity contribution is 0.0629. The molecule has 0 saturated heterocycles. The average Bonchev–Trinajstić information content (AvgIpc) is 2.26. The number of rotatable bonds is 2. The molecule has 0 heterocycles. The molecule has 0 bridgehead atoms. The van der Waals surface area contributed by atoms with E-state index in [0.29, 0.717) is 0 Å². The zero-order valence-corrected chi connectivity index (χ0v) is 13.3. The molecular formula is C14H20INO. The van der Waals surface area contributed by atoms with Gasteiger partial charge in [0.15, 0.2) is 0 Å². The van der Waals surface area contributed by atoms with Crippen LogP contribution >= 0.6 is 22.6 Å². The number of carbonyl (C=O) groups excluding carboxylic acids is 1. The Morgan fingerprint density at radius 2 is 1.71 bits per heavy atom. The lowest BCUT2D eigenvalue weighted by atomic mass is 9.87. The topological polar surface area (TPSA) is 20.3 Å². The quantitative estimate of drug-likeness (QED) is 0.747. The van der Waals surface area contributed by atoms with Crippen LogP contribution in [0.2, 0.25) is 0 Å². The van der Waals surface area contributed by atoms with Crippen LogP contribution in [-0.2, 0) is 0 Å². The fourth-order valence-corrected chi connectivity index (χ4v) is 1.91.